The average Bonchev–Trinajstić information content (AvgIpc) is 2.81. The zero-order valence-corrected chi connectivity index (χ0v) is 18.3. The summed E-state index contributed by atoms with van der Waals surface area (Å²) in [5, 5.41) is 0. The Balaban J connectivity index is 0.000000804. The van der Waals surface area contributed by atoms with E-state index >= 15 is 0 Å². The van der Waals surface area contributed by atoms with Crippen molar-refractivity contribution in [2.45, 2.75) is 12.5 Å². The van der Waals surface area contributed by atoms with Crippen molar-refractivity contribution in [1.29, 1.82) is 0 Å². The number of urea groups is 1. The van der Waals surface area contributed by atoms with Crippen LogP contribution >= 0.6 is 0 Å². The maximum Gasteiger partial charge on any atom is 0.328 e. The lowest BCUT2D eigenvalue weighted by molar-refractivity contribution is -1.92. The molecular formula is C18H27ClN4O7. The van der Waals surface area contributed by atoms with E-state index in [0.29, 0.717) is 12.1 Å². The number of carbonyl (C=O) groups is 3. The average molecular weight is 447 g/mol. The van der Waals surface area contributed by atoms with E-state index in [1.54, 1.807) is 31.0 Å². The first-order chi connectivity index (χ1) is 13.7. The van der Waals surface area contributed by atoms with Gasteiger partial charge in [-0.25, -0.2) is 4.79 Å². The molecule has 1 unspecified atom stereocenters. The number of halogens is 1. The quantitative estimate of drug-likeness (QED) is 0.445. The first-order valence-corrected chi connectivity index (χ1v) is 10.1. The van der Waals surface area contributed by atoms with Crippen molar-refractivity contribution in [2.24, 2.45) is 0 Å². The van der Waals surface area contributed by atoms with Crippen molar-refractivity contribution in [1.82, 2.24) is 19.6 Å². The summed E-state index contributed by atoms with van der Waals surface area (Å²) in [6, 6.07) is 8.64. The molecule has 2 rings (SSSR count). The number of likely N-dealkylation sites (N-methyl/N-ethyl adjacent to an activating group) is 3. The number of amides is 4. The normalized spacial score (nSPS) is 19.1. The summed E-state index contributed by atoms with van der Waals surface area (Å²) in [4.78, 5) is 43.9. The van der Waals surface area contributed by atoms with E-state index in [4.69, 9.17) is 18.6 Å². The summed E-state index contributed by atoms with van der Waals surface area (Å²) in [7, 11) is 2.33. The van der Waals surface area contributed by atoms with Gasteiger partial charge in [0, 0.05) is 27.2 Å². The minimum Gasteiger partial charge on any atom is -0.343 e. The molecule has 0 saturated carbocycles. The molecule has 11 nitrogen and oxygen atoms in total. The van der Waals surface area contributed by atoms with Crippen LogP contribution in [-0.2, 0) is 15.1 Å². The lowest BCUT2D eigenvalue weighted by Crippen LogP contribution is -2.58. The Bertz CT molecular complexity index is 751. The number of hydrogen-bond acceptors (Lipinski definition) is 8. The Morgan fingerprint density at radius 2 is 1.60 bits per heavy atom. The van der Waals surface area contributed by atoms with Gasteiger partial charge in [-0.3, -0.25) is 19.4 Å². The molecule has 0 aliphatic carbocycles. The minimum atomic E-state index is -4.69. The number of benzene rings is 1. The summed E-state index contributed by atoms with van der Waals surface area (Å²) >= 11 is 0. The third-order valence-corrected chi connectivity index (χ3v) is 4.72. The molecule has 1 heterocycles. The molecule has 1 atom stereocenters. The lowest BCUT2D eigenvalue weighted by atomic mass is 9.90. The Hall–Kier alpha value is -2.28. The third kappa shape index (κ3) is 6.62. The lowest BCUT2D eigenvalue weighted by Gasteiger charge is -2.33. The predicted octanol–water partition coefficient (Wildman–Crippen LogP) is -3.31. The molecule has 1 saturated heterocycles. The summed E-state index contributed by atoms with van der Waals surface area (Å²) in [6.45, 7) is 2.84. The fourth-order valence-electron chi connectivity index (χ4n) is 2.90. The zero-order valence-electron chi connectivity index (χ0n) is 17.6. The molecule has 4 amide bonds. The van der Waals surface area contributed by atoms with Crippen molar-refractivity contribution in [3.63, 3.8) is 0 Å². The maximum atomic E-state index is 12.7. The molecule has 1 N–H and O–H groups in total. The molecule has 1 aliphatic heterocycles. The van der Waals surface area contributed by atoms with Gasteiger partial charge in [0.15, 0.2) is 0 Å². The van der Waals surface area contributed by atoms with Gasteiger partial charge in [0.05, 0.1) is 14.9 Å². The topological polar surface area (TPSA) is 154 Å². The largest absolute Gasteiger partial charge is 0.343 e. The molecule has 1 aromatic rings. The van der Waals surface area contributed by atoms with Crippen LogP contribution in [0.3, 0.4) is 0 Å². The van der Waals surface area contributed by atoms with Crippen molar-refractivity contribution < 1.29 is 43.3 Å². The summed E-state index contributed by atoms with van der Waals surface area (Å²) in [6.07, 6.45) is 0. The van der Waals surface area contributed by atoms with Gasteiger partial charge in [0.2, 0.25) is 5.91 Å². The number of nitrogens with zero attached hydrogens (tertiary/aromatic N) is 4. The summed E-state index contributed by atoms with van der Waals surface area (Å²) in [5.41, 5.74) is -0.480. The molecule has 30 heavy (non-hydrogen) atoms. The molecule has 0 bridgehead atoms. The SMILES string of the molecule is CN(C)CCN(C)C(=O)CN1C(=O)N(C)C(=O)C1(C)c1ccccc1.[O-][Cl+3]([O-])([O-])O. The highest BCUT2D eigenvalue weighted by Crippen LogP contribution is 2.36. The molecule has 168 valence electrons. The van der Waals surface area contributed by atoms with Crippen LogP contribution in [0.25, 0.3) is 0 Å². The van der Waals surface area contributed by atoms with Gasteiger partial charge in [-0.1, -0.05) is 30.3 Å². The van der Waals surface area contributed by atoms with Gasteiger partial charge in [0.25, 0.3) is 5.91 Å². The van der Waals surface area contributed by atoms with E-state index in [0.717, 1.165) is 11.4 Å². The first-order valence-electron chi connectivity index (χ1n) is 8.86. The Morgan fingerprint density at radius 3 is 2.07 bits per heavy atom. The summed E-state index contributed by atoms with van der Waals surface area (Å²) in [5.74, 6) is -0.520. The van der Waals surface area contributed by atoms with Crippen molar-refractivity contribution in [2.75, 3.05) is 47.8 Å². The molecule has 1 fully saturated rings. The van der Waals surface area contributed by atoms with E-state index in [2.05, 4.69) is 0 Å². The number of hydrogen-bond donors (Lipinski definition) is 1. The fourth-order valence-corrected chi connectivity index (χ4v) is 2.90. The number of imide groups is 1. The highest BCUT2D eigenvalue weighted by molar-refractivity contribution is 6.08. The molecule has 1 aromatic carbocycles. The van der Waals surface area contributed by atoms with Gasteiger partial charge in [-0.05, 0) is 26.6 Å². The van der Waals surface area contributed by atoms with Gasteiger partial charge < -0.3 is 9.80 Å². The van der Waals surface area contributed by atoms with Crippen molar-refractivity contribution in [3.8, 4) is 0 Å². The van der Waals surface area contributed by atoms with Crippen LogP contribution in [0.5, 0.6) is 0 Å². The van der Waals surface area contributed by atoms with Gasteiger partial charge >= 0.3 is 6.03 Å². The highest BCUT2D eigenvalue weighted by Gasteiger charge is 2.54. The molecule has 0 aromatic heterocycles. The van der Waals surface area contributed by atoms with Gasteiger partial charge in [-0.2, -0.15) is 14.0 Å². The predicted molar refractivity (Wildman–Crippen MR) is 97.1 cm³/mol. The molecule has 0 radical (unpaired) electrons. The Labute approximate surface area is 177 Å². The summed E-state index contributed by atoms with van der Waals surface area (Å²) < 4.78 is 32.7. The van der Waals surface area contributed by atoms with E-state index in [-0.39, 0.29) is 18.4 Å². The minimum absolute atomic E-state index is 0.135. The van der Waals surface area contributed by atoms with Crippen LogP contribution in [0.15, 0.2) is 30.3 Å². The monoisotopic (exact) mass is 446 g/mol. The Morgan fingerprint density at radius 1 is 1.10 bits per heavy atom. The second kappa shape index (κ2) is 10.2. The maximum absolute atomic E-state index is 12.7. The van der Waals surface area contributed by atoms with Crippen LogP contribution in [-0.4, -0.2) is 89.9 Å². The standard InChI is InChI=1S/C18H26N4O3.ClHO4/c1-18(14-9-7-6-8-10-14)16(24)21(5)17(25)22(18)13-15(23)20(4)12-11-19(2)3;2-1(3,4)5/h6-10H,11-13H2,1-5H3;(H,2,3,4,5). The number of carbonyl (C=O) groups excluding carboxylic acids is 3. The van der Waals surface area contributed by atoms with Crippen LogP contribution in [0.2, 0.25) is 0 Å². The molecular weight excluding hydrogens is 420 g/mol. The third-order valence-electron chi connectivity index (χ3n) is 4.72. The van der Waals surface area contributed by atoms with Gasteiger partial charge in [0.1, 0.15) is 12.1 Å². The second-order valence-electron chi connectivity index (χ2n) is 7.19. The smallest absolute Gasteiger partial charge is 0.328 e. The van der Waals surface area contributed by atoms with Crippen molar-refractivity contribution in [3.05, 3.63) is 35.9 Å². The molecule has 1 aliphatic rings. The van der Waals surface area contributed by atoms with E-state index in [1.807, 2.05) is 37.2 Å². The van der Waals surface area contributed by atoms with Crippen LogP contribution < -0.4 is 14.0 Å². The van der Waals surface area contributed by atoms with Crippen molar-refractivity contribution >= 4 is 17.8 Å². The van der Waals surface area contributed by atoms with E-state index in [9.17, 15) is 14.4 Å². The van der Waals surface area contributed by atoms with E-state index < -0.39 is 21.8 Å². The second-order valence-corrected chi connectivity index (χ2v) is 7.98. The number of rotatable bonds is 6. The van der Waals surface area contributed by atoms with E-state index in [1.165, 1.54) is 11.9 Å². The fraction of sp³-hybridized carbons (Fsp3) is 0.500. The Kier molecular flexibility index (Phi) is 8.72. The van der Waals surface area contributed by atoms with Gasteiger partial charge in [-0.15, -0.1) is 0 Å². The zero-order chi connectivity index (χ0) is 23.3. The van der Waals surface area contributed by atoms with Crippen LogP contribution in [0.4, 0.5) is 4.79 Å². The molecule has 12 heteroatoms. The first kappa shape index (κ1) is 25.8. The molecule has 0 spiro atoms. The van der Waals surface area contributed by atoms with Crippen LogP contribution in [0.1, 0.15) is 12.5 Å². The highest BCUT2D eigenvalue weighted by atomic mass is 35.7. The van der Waals surface area contributed by atoms with Crippen LogP contribution in [0, 0.1) is 10.2 Å².